The van der Waals surface area contributed by atoms with Gasteiger partial charge in [0.2, 0.25) is 5.95 Å². The van der Waals surface area contributed by atoms with E-state index in [1.165, 1.54) is 10.9 Å². The first-order valence-electron chi connectivity index (χ1n) is 19.1. The van der Waals surface area contributed by atoms with Gasteiger partial charge in [-0.1, -0.05) is 140 Å². The van der Waals surface area contributed by atoms with Crippen molar-refractivity contribution in [1.29, 1.82) is 0 Å². The average molecular weight is 730 g/mol. The molecule has 0 saturated carbocycles. The maximum absolute atomic E-state index is 6.20. The number of furan rings is 1. The van der Waals surface area contributed by atoms with E-state index in [9.17, 15) is 0 Å². The lowest BCUT2D eigenvalue weighted by atomic mass is 10.1. The third kappa shape index (κ3) is 4.87. The molecular formula is C51H31N5O. The van der Waals surface area contributed by atoms with Crippen LogP contribution in [0.5, 0.6) is 0 Å². The Labute approximate surface area is 326 Å². The minimum absolute atomic E-state index is 0.546. The van der Waals surface area contributed by atoms with Crippen molar-refractivity contribution in [2.75, 3.05) is 0 Å². The highest BCUT2D eigenvalue weighted by atomic mass is 16.3. The SMILES string of the molecule is c1ccc(-c2cccc(-n3c4ccccc4c4ccc5c6ccccc6n(-c6nc(-c7ccccc7)nc(-c7ccc8oc9ccccc9c8c7)n6)c5c43)c2)cc1. The zero-order valence-electron chi connectivity index (χ0n) is 30.5. The van der Waals surface area contributed by atoms with E-state index in [-0.39, 0.29) is 0 Å². The van der Waals surface area contributed by atoms with E-state index in [1.807, 2.05) is 48.5 Å². The Hall–Kier alpha value is -7.83. The van der Waals surface area contributed by atoms with Crippen molar-refractivity contribution in [3.63, 3.8) is 0 Å². The van der Waals surface area contributed by atoms with Crippen molar-refractivity contribution in [3.8, 4) is 45.5 Å². The Morgan fingerprint density at radius 2 is 0.895 bits per heavy atom. The Kier molecular flexibility index (Phi) is 6.83. The fourth-order valence-electron chi connectivity index (χ4n) is 8.61. The van der Waals surface area contributed by atoms with E-state index in [4.69, 9.17) is 19.4 Å². The Morgan fingerprint density at radius 1 is 0.333 bits per heavy atom. The molecule has 12 aromatic rings. The van der Waals surface area contributed by atoms with Crippen LogP contribution in [0.15, 0.2) is 192 Å². The van der Waals surface area contributed by atoms with Gasteiger partial charge in [-0.25, -0.2) is 4.98 Å². The molecule has 8 aromatic carbocycles. The molecule has 0 radical (unpaired) electrons. The van der Waals surface area contributed by atoms with Gasteiger partial charge in [-0.05, 0) is 59.7 Å². The lowest BCUT2D eigenvalue weighted by molar-refractivity contribution is 0.669. The van der Waals surface area contributed by atoms with E-state index in [0.717, 1.165) is 82.5 Å². The van der Waals surface area contributed by atoms with Crippen molar-refractivity contribution in [2.45, 2.75) is 0 Å². The van der Waals surface area contributed by atoms with E-state index >= 15 is 0 Å². The molecule has 4 aromatic heterocycles. The highest BCUT2D eigenvalue weighted by Gasteiger charge is 2.24. The third-order valence-electron chi connectivity index (χ3n) is 11.2. The van der Waals surface area contributed by atoms with Crippen LogP contribution in [0.4, 0.5) is 0 Å². The lowest BCUT2D eigenvalue weighted by Crippen LogP contribution is -2.07. The zero-order valence-corrected chi connectivity index (χ0v) is 30.5. The minimum atomic E-state index is 0.546. The van der Waals surface area contributed by atoms with Gasteiger partial charge >= 0.3 is 0 Å². The average Bonchev–Trinajstić information content (AvgIpc) is 3.94. The van der Waals surface area contributed by atoms with Crippen molar-refractivity contribution < 1.29 is 4.42 Å². The third-order valence-corrected chi connectivity index (χ3v) is 11.2. The number of hydrogen-bond acceptors (Lipinski definition) is 4. The minimum Gasteiger partial charge on any atom is -0.456 e. The summed E-state index contributed by atoms with van der Waals surface area (Å²) in [7, 11) is 0. The van der Waals surface area contributed by atoms with Crippen LogP contribution < -0.4 is 0 Å². The van der Waals surface area contributed by atoms with Crippen molar-refractivity contribution in [2.24, 2.45) is 0 Å². The molecular weight excluding hydrogens is 699 g/mol. The number of para-hydroxylation sites is 3. The molecule has 0 unspecified atom stereocenters. The van der Waals surface area contributed by atoms with Crippen molar-refractivity contribution >= 4 is 65.6 Å². The number of rotatable bonds is 5. The number of aromatic nitrogens is 5. The van der Waals surface area contributed by atoms with Crippen LogP contribution in [-0.2, 0) is 0 Å². The number of nitrogens with zero attached hydrogens (tertiary/aromatic N) is 5. The molecule has 0 aliphatic heterocycles. The van der Waals surface area contributed by atoms with Gasteiger partial charge in [-0.15, -0.1) is 0 Å². The lowest BCUT2D eigenvalue weighted by Gasteiger charge is -2.14. The molecule has 6 nitrogen and oxygen atoms in total. The van der Waals surface area contributed by atoms with Gasteiger partial charge in [0, 0.05) is 49.1 Å². The van der Waals surface area contributed by atoms with Crippen molar-refractivity contribution in [1.82, 2.24) is 24.1 Å². The van der Waals surface area contributed by atoms with E-state index in [2.05, 4.69) is 149 Å². The molecule has 0 spiro atoms. The highest BCUT2D eigenvalue weighted by molar-refractivity contribution is 6.23. The van der Waals surface area contributed by atoms with E-state index < -0.39 is 0 Å². The van der Waals surface area contributed by atoms with Gasteiger partial charge < -0.3 is 8.98 Å². The summed E-state index contributed by atoms with van der Waals surface area (Å²) in [6.45, 7) is 0. The predicted molar refractivity (Wildman–Crippen MR) is 232 cm³/mol. The summed E-state index contributed by atoms with van der Waals surface area (Å²) in [5, 5.41) is 6.66. The zero-order chi connectivity index (χ0) is 37.5. The van der Waals surface area contributed by atoms with Crippen LogP contribution in [0, 0.1) is 0 Å². The summed E-state index contributed by atoms with van der Waals surface area (Å²) in [5.41, 5.74) is 11.1. The van der Waals surface area contributed by atoms with E-state index in [0.29, 0.717) is 17.6 Å². The normalized spacial score (nSPS) is 11.9. The van der Waals surface area contributed by atoms with Crippen LogP contribution >= 0.6 is 0 Å². The van der Waals surface area contributed by atoms with Gasteiger partial charge in [-0.3, -0.25) is 4.57 Å². The first kappa shape index (κ1) is 31.5. The fourth-order valence-corrected chi connectivity index (χ4v) is 8.61. The molecule has 0 bridgehead atoms. The maximum atomic E-state index is 6.20. The number of hydrogen-bond donors (Lipinski definition) is 0. The molecule has 6 heteroatoms. The van der Waals surface area contributed by atoms with Crippen molar-refractivity contribution in [3.05, 3.63) is 188 Å². The standard InChI is InChI=1S/C51H31N5O/c1-3-14-32(15-4-1)34-18-13-19-36(30-34)55-43-23-10-7-20-37(43)40-27-28-41-38-21-8-11-24-44(38)56(48(41)47(40)55)51-53-49(33-16-5-2-6-17-33)52-50(54-51)35-26-29-46-42(31-35)39-22-9-12-25-45(39)57-46/h1-31H. The topological polar surface area (TPSA) is 61.7 Å². The van der Waals surface area contributed by atoms with Crippen LogP contribution in [0.1, 0.15) is 0 Å². The molecule has 57 heavy (non-hydrogen) atoms. The summed E-state index contributed by atoms with van der Waals surface area (Å²) in [6.07, 6.45) is 0. The summed E-state index contributed by atoms with van der Waals surface area (Å²) in [5.74, 6) is 1.73. The van der Waals surface area contributed by atoms with Crippen LogP contribution in [0.2, 0.25) is 0 Å². The second-order valence-corrected chi connectivity index (χ2v) is 14.4. The van der Waals surface area contributed by atoms with Gasteiger partial charge in [-0.2, -0.15) is 9.97 Å². The predicted octanol–water partition coefficient (Wildman–Crippen LogP) is 13.0. The Morgan fingerprint density at radius 3 is 1.63 bits per heavy atom. The highest BCUT2D eigenvalue weighted by Crippen LogP contribution is 2.42. The second-order valence-electron chi connectivity index (χ2n) is 14.4. The van der Waals surface area contributed by atoms with Gasteiger partial charge in [0.05, 0.1) is 22.1 Å². The first-order valence-corrected chi connectivity index (χ1v) is 19.1. The largest absolute Gasteiger partial charge is 0.456 e. The maximum Gasteiger partial charge on any atom is 0.238 e. The summed E-state index contributed by atoms with van der Waals surface area (Å²) in [6, 6.07) is 65.6. The molecule has 0 fully saturated rings. The monoisotopic (exact) mass is 729 g/mol. The van der Waals surface area contributed by atoms with Crippen LogP contribution in [0.25, 0.3) is 111 Å². The molecule has 0 saturated heterocycles. The number of fused-ring (bicyclic) bond motifs is 10. The second kappa shape index (κ2) is 12.3. The summed E-state index contributed by atoms with van der Waals surface area (Å²) >= 11 is 0. The smallest absolute Gasteiger partial charge is 0.238 e. The quantitative estimate of drug-likeness (QED) is 0.177. The van der Waals surface area contributed by atoms with Crippen LogP contribution in [-0.4, -0.2) is 24.1 Å². The molecule has 0 atom stereocenters. The van der Waals surface area contributed by atoms with Gasteiger partial charge in [0.1, 0.15) is 11.2 Å². The molecule has 266 valence electrons. The molecule has 0 aliphatic carbocycles. The van der Waals surface area contributed by atoms with Crippen LogP contribution in [0.3, 0.4) is 0 Å². The fraction of sp³-hybridized carbons (Fsp3) is 0. The summed E-state index contributed by atoms with van der Waals surface area (Å²) < 4.78 is 10.9. The first-order chi connectivity index (χ1) is 28.3. The summed E-state index contributed by atoms with van der Waals surface area (Å²) in [4.78, 5) is 15.8. The Bertz CT molecular complexity index is 3520. The molecule has 4 heterocycles. The van der Waals surface area contributed by atoms with Gasteiger partial charge in [0.15, 0.2) is 11.6 Å². The molecule has 12 rings (SSSR count). The molecule has 0 aliphatic rings. The Balaban J connectivity index is 1.19. The number of benzene rings is 8. The van der Waals surface area contributed by atoms with E-state index in [1.54, 1.807) is 0 Å². The molecule has 0 amide bonds. The molecule has 0 N–H and O–H groups in total. The van der Waals surface area contributed by atoms with Gasteiger partial charge in [0.25, 0.3) is 0 Å².